The van der Waals surface area contributed by atoms with Gasteiger partial charge in [0.1, 0.15) is 4.34 Å². The average Bonchev–Trinajstić information content (AvgIpc) is 2.97. The van der Waals surface area contributed by atoms with Crippen molar-refractivity contribution < 1.29 is 4.52 Å². The fourth-order valence-corrected chi connectivity index (χ4v) is 3.98. The number of thiazole rings is 1. The average molecular weight is 311 g/mol. The molecule has 0 saturated heterocycles. The lowest BCUT2D eigenvalue weighted by atomic mass is 10.1. The lowest BCUT2D eigenvalue weighted by Gasteiger charge is -2.04. The largest absolute Gasteiger partial charge is 0.339 e. The summed E-state index contributed by atoms with van der Waals surface area (Å²) in [4.78, 5) is 10.3. The second kappa shape index (κ2) is 6.72. The van der Waals surface area contributed by atoms with Crippen LogP contribution in [-0.4, -0.2) is 20.9 Å². The van der Waals surface area contributed by atoms with Crippen LogP contribution in [0.5, 0.6) is 0 Å². The van der Waals surface area contributed by atoms with E-state index in [4.69, 9.17) is 4.52 Å². The van der Waals surface area contributed by atoms with Crippen LogP contribution in [0.2, 0.25) is 0 Å². The van der Waals surface area contributed by atoms with Crippen molar-refractivity contribution in [2.45, 2.75) is 57.2 Å². The van der Waals surface area contributed by atoms with Crippen molar-refractivity contribution in [3.63, 3.8) is 0 Å². The Kier molecular flexibility index (Phi) is 5.21. The number of aromatic nitrogens is 3. The molecule has 1 unspecified atom stereocenters. The van der Waals surface area contributed by atoms with Crippen LogP contribution in [0.1, 0.15) is 61.3 Å². The van der Waals surface area contributed by atoms with Gasteiger partial charge in [-0.25, -0.2) is 4.98 Å². The van der Waals surface area contributed by atoms with Crippen molar-refractivity contribution in [3.05, 3.63) is 22.3 Å². The molecule has 2 aromatic heterocycles. The van der Waals surface area contributed by atoms with Crippen molar-refractivity contribution in [3.8, 4) is 0 Å². The smallest absolute Gasteiger partial charge is 0.229 e. The Bertz CT molecular complexity index is 543. The minimum absolute atomic E-state index is 0.296. The Hall–Kier alpha value is -0.880. The summed E-state index contributed by atoms with van der Waals surface area (Å²) in [5.74, 6) is 3.18. The third kappa shape index (κ3) is 3.82. The van der Waals surface area contributed by atoms with E-state index in [1.807, 2.05) is 11.8 Å². The van der Waals surface area contributed by atoms with Crippen molar-refractivity contribution >= 4 is 23.1 Å². The van der Waals surface area contributed by atoms with Gasteiger partial charge in [-0.15, -0.1) is 11.3 Å². The van der Waals surface area contributed by atoms with Crippen LogP contribution >= 0.6 is 23.1 Å². The molecule has 0 bridgehead atoms. The van der Waals surface area contributed by atoms with E-state index in [0.717, 1.165) is 33.9 Å². The maximum absolute atomic E-state index is 5.33. The van der Waals surface area contributed by atoms with Gasteiger partial charge in [0.25, 0.3) is 0 Å². The fraction of sp³-hybridized carbons (Fsp3) is 0.643. The van der Waals surface area contributed by atoms with Crippen LogP contribution in [0, 0.1) is 13.8 Å². The Labute approximate surface area is 128 Å². The second-order valence-electron chi connectivity index (χ2n) is 5.31. The van der Waals surface area contributed by atoms with Crippen molar-refractivity contribution in [2.24, 2.45) is 0 Å². The molecule has 0 saturated carbocycles. The topological polar surface area (TPSA) is 51.8 Å². The highest BCUT2D eigenvalue weighted by atomic mass is 32.2. The van der Waals surface area contributed by atoms with Gasteiger partial charge < -0.3 is 4.52 Å². The van der Waals surface area contributed by atoms with Crippen molar-refractivity contribution in [1.82, 2.24) is 15.1 Å². The first-order valence-corrected chi connectivity index (χ1v) is 8.68. The number of rotatable bonds is 6. The highest BCUT2D eigenvalue weighted by molar-refractivity contribution is 8.01. The molecule has 1 atom stereocenters. The predicted molar refractivity (Wildman–Crippen MR) is 83.7 cm³/mol. The lowest BCUT2D eigenvalue weighted by Crippen LogP contribution is -1.97. The molecule has 0 aliphatic carbocycles. The monoisotopic (exact) mass is 311 g/mol. The minimum Gasteiger partial charge on any atom is -0.339 e. The third-order valence-corrected chi connectivity index (χ3v) is 5.43. The zero-order valence-electron chi connectivity index (χ0n) is 12.6. The minimum atomic E-state index is 0.296. The van der Waals surface area contributed by atoms with Crippen molar-refractivity contribution in [1.29, 1.82) is 0 Å². The molecule has 0 aliphatic heterocycles. The van der Waals surface area contributed by atoms with E-state index >= 15 is 0 Å². The Morgan fingerprint density at radius 2 is 1.95 bits per heavy atom. The third-order valence-electron chi connectivity index (χ3n) is 3.18. The van der Waals surface area contributed by atoms with E-state index in [1.165, 1.54) is 4.88 Å². The molecule has 0 fully saturated rings. The standard InChI is InChI=1S/C14H21N3OS2/c1-8(2)12-16-13(18-17-12)9(3)6-7-19-14-15-10(4)11(5)20-14/h8-9H,6-7H2,1-5H3. The molecule has 110 valence electrons. The molecule has 0 N–H and O–H groups in total. The molecule has 4 nitrogen and oxygen atoms in total. The lowest BCUT2D eigenvalue weighted by molar-refractivity contribution is 0.352. The molecule has 2 heterocycles. The molecule has 2 rings (SSSR count). The van der Waals surface area contributed by atoms with E-state index in [1.54, 1.807) is 11.3 Å². The number of hydrogen-bond acceptors (Lipinski definition) is 6. The SMILES string of the molecule is Cc1nc(SCCC(C)c2nc(C(C)C)no2)sc1C. The maximum Gasteiger partial charge on any atom is 0.229 e. The molecule has 2 aromatic rings. The fourth-order valence-electron chi connectivity index (χ4n) is 1.63. The number of hydrogen-bond donors (Lipinski definition) is 0. The first-order chi connectivity index (χ1) is 9.47. The normalized spacial score (nSPS) is 13.1. The molecule has 0 aromatic carbocycles. The Morgan fingerprint density at radius 1 is 1.20 bits per heavy atom. The van der Waals surface area contributed by atoms with Gasteiger partial charge in [-0.1, -0.05) is 37.7 Å². The van der Waals surface area contributed by atoms with Crippen LogP contribution in [0.25, 0.3) is 0 Å². The summed E-state index contributed by atoms with van der Waals surface area (Å²) >= 11 is 3.58. The summed E-state index contributed by atoms with van der Waals surface area (Å²) in [6.07, 6.45) is 1.02. The Morgan fingerprint density at radius 3 is 2.50 bits per heavy atom. The van der Waals surface area contributed by atoms with E-state index < -0.39 is 0 Å². The van der Waals surface area contributed by atoms with Gasteiger partial charge in [-0.3, -0.25) is 0 Å². The first kappa shape index (κ1) is 15.5. The highest BCUT2D eigenvalue weighted by Crippen LogP contribution is 2.29. The highest BCUT2D eigenvalue weighted by Gasteiger charge is 2.16. The van der Waals surface area contributed by atoms with E-state index in [-0.39, 0.29) is 0 Å². The molecular weight excluding hydrogens is 290 g/mol. The van der Waals surface area contributed by atoms with Gasteiger partial charge in [0, 0.05) is 22.5 Å². The van der Waals surface area contributed by atoms with E-state index in [9.17, 15) is 0 Å². The zero-order chi connectivity index (χ0) is 14.7. The van der Waals surface area contributed by atoms with Crippen LogP contribution in [-0.2, 0) is 0 Å². The van der Waals surface area contributed by atoms with Gasteiger partial charge in [0.2, 0.25) is 5.89 Å². The molecule has 0 aliphatic rings. The summed E-state index contributed by atoms with van der Waals surface area (Å²) < 4.78 is 6.48. The van der Waals surface area contributed by atoms with Gasteiger partial charge in [-0.05, 0) is 20.3 Å². The van der Waals surface area contributed by atoms with Crippen LogP contribution in [0.4, 0.5) is 0 Å². The summed E-state index contributed by atoms with van der Waals surface area (Å²) in [5.41, 5.74) is 1.14. The number of thioether (sulfide) groups is 1. The van der Waals surface area contributed by atoms with Crippen molar-refractivity contribution in [2.75, 3.05) is 5.75 Å². The van der Waals surface area contributed by atoms with Gasteiger partial charge in [-0.2, -0.15) is 4.98 Å². The number of nitrogens with zero attached hydrogens (tertiary/aromatic N) is 3. The Balaban J connectivity index is 1.83. The molecule has 0 radical (unpaired) electrons. The summed E-state index contributed by atoms with van der Waals surface area (Å²) in [7, 11) is 0. The molecular formula is C14H21N3OS2. The van der Waals surface area contributed by atoms with Gasteiger partial charge in [0.05, 0.1) is 5.69 Å². The van der Waals surface area contributed by atoms with E-state index in [0.29, 0.717) is 11.8 Å². The van der Waals surface area contributed by atoms with E-state index in [2.05, 4.69) is 49.7 Å². The quantitative estimate of drug-likeness (QED) is 0.732. The number of aryl methyl sites for hydroxylation is 2. The second-order valence-corrected chi connectivity index (χ2v) is 7.85. The van der Waals surface area contributed by atoms with Gasteiger partial charge in [0.15, 0.2) is 5.82 Å². The predicted octanol–water partition coefficient (Wildman–Crippen LogP) is 4.55. The summed E-state index contributed by atoms with van der Waals surface area (Å²) in [6, 6.07) is 0. The van der Waals surface area contributed by atoms with Gasteiger partial charge >= 0.3 is 0 Å². The van der Waals surface area contributed by atoms with Crippen LogP contribution in [0.3, 0.4) is 0 Å². The summed E-state index contributed by atoms with van der Waals surface area (Å²) in [6.45, 7) is 10.5. The van der Waals surface area contributed by atoms with Crippen LogP contribution < -0.4 is 0 Å². The first-order valence-electron chi connectivity index (χ1n) is 6.87. The maximum atomic E-state index is 5.33. The molecule has 0 amide bonds. The molecule has 0 spiro atoms. The molecule has 6 heteroatoms. The molecule has 20 heavy (non-hydrogen) atoms. The summed E-state index contributed by atoms with van der Waals surface area (Å²) in [5, 5.41) is 4.01. The van der Waals surface area contributed by atoms with Crippen LogP contribution in [0.15, 0.2) is 8.86 Å². The zero-order valence-corrected chi connectivity index (χ0v) is 14.3.